The van der Waals surface area contributed by atoms with Crippen LogP contribution in [0.5, 0.6) is 11.5 Å². The topological polar surface area (TPSA) is 72.4 Å². The molecule has 0 amide bonds. The first-order chi connectivity index (χ1) is 12.8. The molecule has 1 aromatic carbocycles. The number of benzene rings is 1. The first-order valence-corrected chi connectivity index (χ1v) is 8.93. The van der Waals surface area contributed by atoms with Crippen LogP contribution in [-0.2, 0) is 13.1 Å². The van der Waals surface area contributed by atoms with Crippen molar-refractivity contribution in [3.05, 3.63) is 52.6 Å². The van der Waals surface area contributed by atoms with Crippen LogP contribution in [0.3, 0.4) is 0 Å². The summed E-state index contributed by atoms with van der Waals surface area (Å²) >= 11 is 0. The lowest BCUT2D eigenvalue weighted by molar-refractivity contribution is 0.174. The van der Waals surface area contributed by atoms with Gasteiger partial charge in [-0.3, -0.25) is 14.4 Å². The van der Waals surface area contributed by atoms with Gasteiger partial charge in [-0.2, -0.15) is 5.10 Å². The second-order valence-corrected chi connectivity index (χ2v) is 6.91. The molecule has 0 radical (unpaired) electrons. The predicted octanol–water partition coefficient (Wildman–Crippen LogP) is 2.12. The van der Waals surface area contributed by atoms with Crippen molar-refractivity contribution in [1.82, 2.24) is 19.7 Å². The summed E-state index contributed by atoms with van der Waals surface area (Å²) in [4.78, 5) is 17.9. The zero-order valence-electron chi connectivity index (χ0n) is 14.4. The Bertz CT molecular complexity index is 996. The van der Waals surface area contributed by atoms with Gasteiger partial charge in [-0.15, -0.1) is 0 Å². The van der Waals surface area contributed by atoms with Crippen LogP contribution in [0.1, 0.15) is 18.4 Å². The molecule has 1 saturated heterocycles. The summed E-state index contributed by atoms with van der Waals surface area (Å²) in [5, 5.41) is 5.27. The van der Waals surface area contributed by atoms with E-state index in [9.17, 15) is 4.79 Å². The average Bonchev–Trinajstić information content (AvgIpc) is 3.37. The van der Waals surface area contributed by atoms with Gasteiger partial charge in [0.25, 0.3) is 5.56 Å². The number of likely N-dealkylation sites (tertiary alicyclic amines) is 1. The minimum absolute atomic E-state index is 0.0406. The van der Waals surface area contributed by atoms with Crippen molar-refractivity contribution in [2.45, 2.75) is 32.0 Å². The molecular weight excluding hydrogens is 332 g/mol. The summed E-state index contributed by atoms with van der Waals surface area (Å²) in [5.74, 6) is 1.41. The molecule has 1 N–H and O–H groups in total. The number of aromatic nitrogens is 3. The van der Waals surface area contributed by atoms with Crippen LogP contribution >= 0.6 is 0 Å². The lowest BCUT2D eigenvalue weighted by atomic mass is 10.1. The molecule has 7 nitrogen and oxygen atoms in total. The van der Waals surface area contributed by atoms with E-state index in [1.54, 1.807) is 6.20 Å². The number of rotatable bonds is 4. The Hall–Kier alpha value is -2.80. The second kappa shape index (κ2) is 6.17. The van der Waals surface area contributed by atoms with Gasteiger partial charge >= 0.3 is 0 Å². The Labute approximate surface area is 150 Å². The Balaban J connectivity index is 1.42. The molecule has 134 valence electrons. The van der Waals surface area contributed by atoms with Crippen molar-refractivity contribution in [3.8, 4) is 11.5 Å². The molecule has 0 unspecified atom stereocenters. The van der Waals surface area contributed by atoms with Crippen molar-refractivity contribution in [3.63, 3.8) is 0 Å². The van der Waals surface area contributed by atoms with Crippen LogP contribution in [0.2, 0.25) is 0 Å². The van der Waals surface area contributed by atoms with Gasteiger partial charge in [0, 0.05) is 42.0 Å². The molecule has 0 aliphatic carbocycles. The van der Waals surface area contributed by atoms with Crippen LogP contribution < -0.4 is 15.0 Å². The number of hydrogen-bond donors (Lipinski definition) is 1. The van der Waals surface area contributed by atoms with Gasteiger partial charge < -0.3 is 14.5 Å². The third-order valence-electron chi connectivity index (χ3n) is 5.24. The molecule has 0 bridgehead atoms. The van der Waals surface area contributed by atoms with E-state index in [2.05, 4.69) is 15.0 Å². The van der Waals surface area contributed by atoms with Gasteiger partial charge in [-0.05, 0) is 37.6 Å². The zero-order valence-corrected chi connectivity index (χ0v) is 14.4. The lowest BCUT2D eigenvalue weighted by Gasteiger charge is -2.24. The van der Waals surface area contributed by atoms with Gasteiger partial charge in [0.15, 0.2) is 11.5 Å². The first-order valence-electron chi connectivity index (χ1n) is 8.93. The molecular formula is C19H20N4O3. The third kappa shape index (κ3) is 2.74. The Kier molecular flexibility index (Phi) is 3.67. The van der Waals surface area contributed by atoms with Crippen molar-refractivity contribution in [1.29, 1.82) is 0 Å². The standard InChI is InChI=1S/C19H20N4O3/c24-19-14(7-13-8-17-18(26-12-25-17)9-16(13)21-19)10-22-5-1-3-15(22)11-23-6-2-4-20-23/h2,4,6-9,15H,1,3,5,10-12H2,(H,21,24)/t15-/m0/s1. The summed E-state index contributed by atoms with van der Waals surface area (Å²) < 4.78 is 12.8. The minimum atomic E-state index is -0.0406. The van der Waals surface area contributed by atoms with Crippen LogP contribution in [0, 0.1) is 0 Å². The van der Waals surface area contributed by atoms with Crippen molar-refractivity contribution < 1.29 is 9.47 Å². The number of H-pyrrole nitrogens is 1. The quantitative estimate of drug-likeness (QED) is 0.779. The van der Waals surface area contributed by atoms with E-state index in [0.29, 0.717) is 18.3 Å². The maximum absolute atomic E-state index is 12.6. The summed E-state index contributed by atoms with van der Waals surface area (Å²) in [5.41, 5.74) is 1.52. The molecule has 1 atom stereocenters. The van der Waals surface area contributed by atoms with Gasteiger partial charge in [-0.25, -0.2) is 0 Å². The molecule has 5 rings (SSSR count). The molecule has 2 aliphatic rings. The highest BCUT2D eigenvalue weighted by Crippen LogP contribution is 2.35. The van der Waals surface area contributed by atoms with Gasteiger partial charge in [0.05, 0.1) is 12.1 Å². The average molecular weight is 352 g/mol. The maximum Gasteiger partial charge on any atom is 0.252 e. The van der Waals surface area contributed by atoms with Crippen molar-refractivity contribution in [2.24, 2.45) is 0 Å². The minimum Gasteiger partial charge on any atom is -0.454 e. The van der Waals surface area contributed by atoms with Crippen LogP contribution in [0.4, 0.5) is 0 Å². The number of hydrogen-bond acceptors (Lipinski definition) is 5. The fourth-order valence-corrected chi connectivity index (χ4v) is 3.91. The number of aromatic amines is 1. The zero-order chi connectivity index (χ0) is 17.5. The van der Waals surface area contributed by atoms with E-state index in [4.69, 9.17) is 9.47 Å². The smallest absolute Gasteiger partial charge is 0.252 e. The van der Waals surface area contributed by atoms with E-state index in [1.165, 1.54) is 0 Å². The van der Waals surface area contributed by atoms with Gasteiger partial charge in [0.1, 0.15) is 0 Å². The molecule has 4 heterocycles. The molecule has 3 aromatic rings. The van der Waals surface area contributed by atoms with E-state index in [1.807, 2.05) is 35.1 Å². The summed E-state index contributed by atoms with van der Waals surface area (Å²) in [6, 6.07) is 8.08. The first kappa shape index (κ1) is 15.5. The molecule has 1 fully saturated rings. The maximum atomic E-state index is 12.6. The van der Waals surface area contributed by atoms with Gasteiger partial charge in [0.2, 0.25) is 6.79 Å². The second-order valence-electron chi connectivity index (χ2n) is 6.91. The normalized spacial score (nSPS) is 19.5. The SMILES string of the molecule is O=c1[nH]c2cc3c(cc2cc1CN1CCC[C@H]1Cn1cccn1)OCO3. The van der Waals surface area contributed by atoms with Crippen molar-refractivity contribution >= 4 is 10.9 Å². The number of nitrogens with zero attached hydrogens (tertiary/aromatic N) is 3. The summed E-state index contributed by atoms with van der Waals surface area (Å²) in [7, 11) is 0. The monoisotopic (exact) mass is 352 g/mol. The molecule has 2 aromatic heterocycles. The highest BCUT2D eigenvalue weighted by atomic mass is 16.7. The van der Waals surface area contributed by atoms with Gasteiger partial charge in [-0.1, -0.05) is 0 Å². The largest absolute Gasteiger partial charge is 0.454 e. The van der Waals surface area contributed by atoms with E-state index in [0.717, 1.165) is 48.1 Å². The Morgan fingerprint density at radius 3 is 2.96 bits per heavy atom. The van der Waals surface area contributed by atoms with E-state index in [-0.39, 0.29) is 12.4 Å². The fourth-order valence-electron chi connectivity index (χ4n) is 3.91. The molecule has 0 spiro atoms. The summed E-state index contributed by atoms with van der Waals surface area (Å²) in [6.07, 6.45) is 6.07. The highest BCUT2D eigenvalue weighted by Gasteiger charge is 2.26. The molecule has 26 heavy (non-hydrogen) atoms. The molecule has 0 saturated carbocycles. The fraction of sp³-hybridized carbons (Fsp3) is 0.368. The van der Waals surface area contributed by atoms with Crippen LogP contribution in [-0.4, -0.2) is 39.0 Å². The molecule has 7 heteroatoms. The van der Waals surface area contributed by atoms with Crippen molar-refractivity contribution in [2.75, 3.05) is 13.3 Å². The lowest BCUT2D eigenvalue weighted by Crippen LogP contribution is -2.34. The number of pyridine rings is 1. The molecule has 2 aliphatic heterocycles. The summed E-state index contributed by atoms with van der Waals surface area (Å²) in [6.45, 7) is 2.74. The Morgan fingerprint density at radius 1 is 1.23 bits per heavy atom. The Morgan fingerprint density at radius 2 is 2.12 bits per heavy atom. The third-order valence-corrected chi connectivity index (χ3v) is 5.24. The van der Waals surface area contributed by atoms with Crippen LogP contribution in [0.25, 0.3) is 10.9 Å². The number of fused-ring (bicyclic) bond motifs is 2. The number of nitrogens with one attached hydrogen (secondary N) is 1. The predicted molar refractivity (Wildman–Crippen MR) is 96.4 cm³/mol. The van der Waals surface area contributed by atoms with Crippen LogP contribution in [0.15, 0.2) is 41.5 Å². The van der Waals surface area contributed by atoms with E-state index < -0.39 is 0 Å². The highest BCUT2D eigenvalue weighted by molar-refractivity contribution is 5.83. The number of ether oxygens (including phenoxy) is 2. The van der Waals surface area contributed by atoms with E-state index >= 15 is 0 Å².